The van der Waals surface area contributed by atoms with Gasteiger partial charge in [-0.1, -0.05) is 0 Å². The lowest BCUT2D eigenvalue weighted by Crippen LogP contribution is -2.49. The molecule has 1 N–H and O–H groups in total. The van der Waals surface area contributed by atoms with Crippen LogP contribution in [0.4, 0.5) is 10.6 Å². The molecule has 3 heterocycles. The topological polar surface area (TPSA) is 127 Å². The highest BCUT2D eigenvalue weighted by Gasteiger charge is 2.48. The van der Waals surface area contributed by atoms with Gasteiger partial charge in [0.05, 0.1) is 25.8 Å². The van der Waals surface area contributed by atoms with Gasteiger partial charge in [0.15, 0.2) is 24.1 Å². The van der Waals surface area contributed by atoms with E-state index in [-0.39, 0.29) is 12.0 Å². The predicted molar refractivity (Wildman–Crippen MR) is 165 cm³/mol. The number of benzene rings is 1. The molecule has 2 fully saturated rings. The standard InChI is InChI=1S/C33H45N3O9/c1-19-23(30(37)41-8)15-24(20-9-14-25(34-16-20)36-17-26(39-6)42-27(18-36)40-7)29-28(19)43-33(5,44-29)21-10-12-22(13-11-21)35-31(38)45-32(2,3)4/h9,14-16,21-22,26-27H,10-13,17-18H2,1-8H3,(H,35,38)/t21-,22-,26-,27+,33?. The van der Waals surface area contributed by atoms with Crippen LogP contribution in [0.15, 0.2) is 24.4 Å². The molecule has 12 heteroatoms. The summed E-state index contributed by atoms with van der Waals surface area (Å²) in [6.07, 6.45) is 3.56. The molecular weight excluding hydrogens is 582 g/mol. The van der Waals surface area contributed by atoms with Crippen molar-refractivity contribution in [1.82, 2.24) is 10.3 Å². The summed E-state index contributed by atoms with van der Waals surface area (Å²) < 4.78 is 40.4. The van der Waals surface area contributed by atoms with Crippen LogP contribution in [-0.4, -0.2) is 81.5 Å². The molecule has 0 bridgehead atoms. The van der Waals surface area contributed by atoms with Gasteiger partial charge in [-0.3, -0.25) is 0 Å². The fourth-order valence-electron chi connectivity index (χ4n) is 6.19. The first kappa shape index (κ1) is 32.8. The number of nitrogens with one attached hydrogen (secondary N) is 1. The first-order valence-corrected chi connectivity index (χ1v) is 15.4. The molecule has 12 nitrogen and oxygen atoms in total. The Morgan fingerprint density at radius 1 is 1.00 bits per heavy atom. The van der Waals surface area contributed by atoms with Crippen LogP contribution in [0.1, 0.15) is 69.3 Å². The highest BCUT2D eigenvalue weighted by molar-refractivity contribution is 5.95. The summed E-state index contributed by atoms with van der Waals surface area (Å²) in [4.78, 5) is 32.0. The minimum absolute atomic E-state index is 0.0149. The summed E-state index contributed by atoms with van der Waals surface area (Å²) in [7, 11) is 4.55. The van der Waals surface area contributed by atoms with E-state index in [9.17, 15) is 9.59 Å². The smallest absolute Gasteiger partial charge is 0.407 e. The molecule has 2 aliphatic heterocycles. The van der Waals surface area contributed by atoms with Crippen LogP contribution in [0, 0.1) is 12.8 Å². The number of rotatable bonds is 7. The van der Waals surface area contributed by atoms with Crippen molar-refractivity contribution in [1.29, 1.82) is 0 Å². The van der Waals surface area contributed by atoms with Gasteiger partial charge in [-0.2, -0.15) is 0 Å². The van der Waals surface area contributed by atoms with E-state index in [0.29, 0.717) is 41.3 Å². The average molecular weight is 628 g/mol. The van der Waals surface area contributed by atoms with Crippen molar-refractivity contribution in [2.75, 3.05) is 39.3 Å². The van der Waals surface area contributed by atoms with E-state index in [1.165, 1.54) is 7.11 Å². The molecule has 1 unspecified atom stereocenters. The molecule has 3 aliphatic rings. The number of carbonyl (C=O) groups excluding carboxylic acids is 2. The number of carbonyl (C=O) groups is 2. The number of esters is 1. The summed E-state index contributed by atoms with van der Waals surface area (Å²) in [5.74, 6) is 0.459. The van der Waals surface area contributed by atoms with Crippen molar-refractivity contribution in [3.8, 4) is 22.6 Å². The maximum absolute atomic E-state index is 12.8. The van der Waals surface area contributed by atoms with Crippen LogP contribution >= 0.6 is 0 Å². The summed E-state index contributed by atoms with van der Waals surface area (Å²) in [5.41, 5.74) is 1.94. The van der Waals surface area contributed by atoms with Gasteiger partial charge in [0, 0.05) is 56.0 Å². The molecule has 5 rings (SSSR count). The summed E-state index contributed by atoms with van der Waals surface area (Å²) in [5, 5.41) is 3.00. The monoisotopic (exact) mass is 627 g/mol. The molecule has 1 saturated heterocycles. The number of morpholine rings is 1. The van der Waals surface area contributed by atoms with Crippen LogP contribution < -0.4 is 19.7 Å². The zero-order valence-corrected chi connectivity index (χ0v) is 27.4. The number of nitrogens with zero attached hydrogens (tertiary/aromatic N) is 2. The van der Waals surface area contributed by atoms with Gasteiger partial charge in [0.1, 0.15) is 11.4 Å². The highest BCUT2D eigenvalue weighted by atomic mass is 16.8. The van der Waals surface area contributed by atoms with Gasteiger partial charge in [-0.15, -0.1) is 0 Å². The maximum atomic E-state index is 12.8. The predicted octanol–water partition coefficient (Wildman–Crippen LogP) is 5.20. The number of fused-ring (bicyclic) bond motifs is 1. The van der Waals surface area contributed by atoms with Gasteiger partial charge in [0.25, 0.3) is 5.79 Å². The number of hydrogen-bond acceptors (Lipinski definition) is 11. The van der Waals surface area contributed by atoms with E-state index in [2.05, 4.69) is 5.32 Å². The summed E-state index contributed by atoms with van der Waals surface area (Å²) in [6.45, 7) is 10.3. The molecular formula is C33H45N3O9. The molecule has 1 aliphatic carbocycles. The Morgan fingerprint density at radius 3 is 2.20 bits per heavy atom. The second-order valence-electron chi connectivity index (χ2n) is 12.9. The Morgan fingerprint density at radius 2 is 1.64 bits per heavy atom. The molecule has 1 aromatic heterocycles. The third kappa shape index (κ3) is 7.13. The number of hydrogen-bond donors (Lipinski definition) is 1. The normalized spacial score (nSPS) is 26.4. The highest BCUT2D eigenvalue weighted by Crippen LogP contribution is 2.53. The summed E-state index contributed by atoms with van der Waals surface area (Å²) in [6, 6.07) is 5.66. The van der Waals surface area contributed by atoms with Crippen LogP contribution in [0.25, 0.3) is 11.1 Å². The van der Waals surface area contributed by atoms with Crippen LogP contribution in [0.3, 0.4) is 0 Å². The first-order chi connectivity index (χ1) is 21.3. The number of amides is 1. The van der Waals surface area contributed by atoms with E-state index in [1.54, 1.807) is 26.5 Å². The van der Waals surface area contributed by atoms with E-state index in [0.717, 1.165) is 37.1 Å². The van der Waals surface area contributed by atoms with E-state index >= 15 is 0 Å². The Balaban J connectivity index is 1.37. The molecule has 1 aromatic carbocycles. The van der Waals surface area contributed by atoms with Crippen molar-refractivity contribution in [2.24, 2.45) is 5.92 Å². The average Bonchev–Trinajstić information content (AvgIpc) is 3.39. The SMILES string of the molecule is COC(=O)c1cc(-c2ccc(N3C[C@H](OC)O[C@H](OC)C3)nc2)c2c(c1C)OC(C)([C@H]1CC[C@H](NC(=O)OC(C)(C)C)CC1)O2. The first-order valence-electron chi connectivity index (χ1n) is 15.4. The van der Waals surface area contributed by atoms with Crippen molar-refractivity contribution < 1.29 is 42.7 Å². The number of anilines is 1. The van der Waals surface area contributed by atoms with Gasteiger partial charge < -0.3 is 43.4 Å². The third-order valence-electron chi connectivity index (χ3n) is 8.64. The van der Waals surface area contributed by atoms with Crippen molar-refractivity contribution >= 4 is 17.9 Å². The molecule has 1 saturated carbocycles. The zero-order chi connectivity index (χ0) is 32.5. The quantitative estimate of drug-likeness (QED) is 0.407. The fourth-order valence-corrected chi connectivity index (χ4v) is 6.19. The van der Waals surface area contributed by atoms with Gasteiger partial charge >= 0.3 is 12.1 Å². The van der Waals surface area contributed by atoms with E-state index in [4.69, 9.17) is 38.1 Å². The Kier molecular flexibility index (Phi) is 9.48. The molecule has 45 heavy (non-hydrogen) atoms. The van der Waals surface area contributed by atoms with Crippen molar-refractivity contribution in [3.63, 3.8) is 0 Å². The summed E-state index contributed by atoms with van der Waals surface area (Å²) >= 11 is 0. The second-order valence-corrected chi connectivity index (χ2v) is 12.9. The number of aromatic nitrogens is 1. The molecule has 0 spiro atoms. The fraction of sp³-hybridized carbons (Fsp3) is 0.606. The van der Waals surface area contributed by atoms with Gasteiger partial charge in [0.2, 0.25) is 0 Å². The minimum atomic E-state index is -0.959. The lowest BCUT2D eigenvalue weighted by Gasteiger charge is -2.37. The van der Waals surface area contributed by atoms with Crippen molar-refractivity contribution in [2.45, 2.75) is 90.3 Å². The van der Waals surface area contributed by atoms with Crippen molar-refractivity contribution in [3.05, 3.63) is 35.5 Å². The van der Waals surface area contributed by atoms with Crippen LogP contribution in [-0.2, 0) is 23.7 Å². The molecule has 3 atom stereocenters. The zero-order valence-electron chi connectivity index (χ0n) is 27.4. The number of ether oxygens (including phenoxy) is 7. The largest absolute Gasteiger partial charge is 0.465 e. The van der Waals surface area contributed by atoms with Gasteiger partial charge in [-0.05, 0) is 71.6 Å². The van der Waals surface area contributed by atoms with Crippen LogP contribution in [0.2, 0.25) is 0 Å². The minimum Gasteiger partial charge on any atom is -0.465 e. The molecule has 1 amide bonds. The van der Waals surface area contributed by atoms with E-state index in [1.807, 2.05) is 51.7 Å². The molecule has 246 valence electrons. The number of alkyl carbamates (subject to hydrolysis) is 1. The number of pyridine rings is 1. The molecule has 2 aromatic rings. The lowest BCUT2D eigenvalue weighted by molar-refractivity contribution is -0.235. The molecule has 0 radical (unpaired) electrons. The maximum Gasteiger partial charge on any atom is 0.407 e. The Labute approximate surface area is 264 Å². The van der Waals surface area contributed by atoms with E-state index < -0.39 is 36.0 Å². The van der Waals surface area contributed by atoms with Crippen LogP contribution in [0.5, 0.6) is 11.5 Å². The number of methoxy groups -OCH3 is 3. The third-order valence-corrected chi connectivity index (χ3v) is 8.64. The van der Waals surface area contributed by atoms with Gasteiger partial charge in [-0.25, -0.2) is 14.6 Å². The second kappa shape index (κ2) is 13.0. The Hall–Kier alpha value is -3.61. The lowest BCUT2D eigenvalue weighted by atomic mass is 9.81. The Bertz CT molecular complexity index is 1370.